The highest BCUT2D eigenvalue weighted by atomic mass is 16.2. The fourth-order valence-electron chi connectivity index (χ4n) is 4.52. The van der Waals surface area contributed by atoms with Crippen molar-refractivity contribution in [2.24, 2.45) is 17.8 Å². The molecule has 21 heavy (non-hydrogen) atoms. The summed E-state index contributed by atoms with van der Waals surface area (Å²) in [6, 6.07) is 4.10. The molecule has 3 fully saturated rings. The largest absolute Gasteiger partial charge is 0.368 e. The highest BCUT2D eigenvalue weighted by Gasteiger charge is 2.44. The minimum Gasteiger partial charge on any atom is -0.368 e. The summed E-state index contributed by atoms with van der Waals surface area (Å²) < 4.78 is 0. The maximum absolute atomic E-state index is 12.7. The molecule has 4 rings (SSSR count). The van der Waals surface area contributed by atoms with Gasteiger partial charge in [0.1, 0.15) is 0 Å². The number of rotatable bonds is 2. The minimum absolute atomic E-state index is 0.344. The van der Waals surface area contributed by atoms with Crippen LogP contribution < -0.4 is 4.90 Å². The molecule has 1 aromatic rings. The van der Waals surface area contributed by atoms with E-state index in [0.29, 0.717) is 17.7 Å². The van der Waals surface area contributed by atoms with Crippen LogP contribution in [0, 0.1) is 17.8 Å². The van der Waals surface area contributed by atoms with Crippen LogP contribution in [0.1, 0.15) is 25.7 Å². The molecule has 0 N–H and O–H groups in total. The van der Waals surface area contributed by atoms with Crippen LogP contribution in [-0.4, -0.2) is 42.0 Å². The van der Waals surface area contributed by atoms with Gasteiger partial charge in [0.15, 0.2) is 0 Å². The first-order valence-corrected chi connectivity index (χ1v) is 8.25. The zero-order chi connectivity index (χ0) is 14.2. The molecule has 3 atom stereocenters. The molecule has 1 saturated heterocycles. The van der Waals surface area contributed by atoms with Gasteiger partial charge in [-0.25, -0.2) is 0 Å². The second kappa shape index (κ2) is 5.32. The molecule has 2 saturated carbocycles. The van der Waals surface area contributed by atoms with E-state index < -0.39 is 0 Å². The maximum atomic E-state index is 12.7. The van der Waals surface area contributed by atoms with E-state index in [2.05, 4.69) is 14.8 Å². The van der Waals surface area contributed by atoms with Crippen molar-refractivity contribution in [3.63, 3.8) is 0 Å². The minimum atomic E-state index is 0.344. The molecule has 2 bridgehead atoms. The van der Waals surface area contributed by atoms with E-state index in [9.17, 15) is 4.79 Å². The van der Waals surface area contributed by atoms with E-state index in [1.807, 2.05) is 24.5 Å². The van der Waals surface area contributed by atoms with Crippen molar-refractivity contribution in [3.05, 3.63) is 24.5 Å². The fraction of sp³-hybridized carbons (Fsp3) is 0.647. The summed E-state index contributed by atoms with van der Waals surface area (Å²) in [6.45, 7) is 3.62. The number of hydrogen-bond donors (Lipinski definition) is 0. The van der Waals surface area contributed by atoms with Crippen molar-refractivity contribution in [1.29, 1.82) is 0 Å². The summed E-state index contributed by atoms with van der Waals surface area (Å²) in [5.74, 6) is 2.33. The number of anilines is 1. The quantitative estimate of drug-likeness (QED) is 0.835. The molecule has 3 unspecified atom stereocenters. The van der Waals surface area contributed by atoms with Crippen molar-refractivity contribution >= 4 is 11.6 Å². The summed E-state index contributed by atoms with van der Waals surface area (Å²) >= 11 is 0. The normalized spacial score (nSPS) is 31.7. The Hall–Kier alpha value is -1.58. The van der Waals surface area contributed by atoms with Crippen molar-refractivity contribution in [2.75, 3.05) is 31.1 Å². The number of aromatic nitrogens is 1. The number of amides is 1. The fourth-order valence-corrected chi connectivity index (χ4v) is 4.52. The number of hydrogen-bond acceptors (Lipinski definition) is 3. The zero-order valence-electron chi connectivity index (χ0n) is 12.4. The van der Waals surface area contributed by atoms with E-state index in [4.69, 9.17) is 0 Å². The highest BCUT2D eigenvalue weighted by Crippen LogP contribution is 2.48. The van der Waals surface area contributed by atoms with Gasteiger partial charge in [-0.15, -0.1) is 0 Å². The molecule has 4 nitrogen and oxygen atoms in total. The summed E-state index contributed by atoms with van der Waals surface area (Å²) in [7, 11) is 0. The summed E-state index contributed by atoms with van der Waals surface area (Å²) in [5, 5.41) is 0. The Balaban J connectivity index is 1.36. The highest BCUT2D eigenvalue weighted by molar-refractivity contribution is 5.80. The van der Waals surface area contributed by atoms with Crippen LogP contribution in [0.5, 0.6) is 0 Å². The lowest BCUT2D eigenvalue weighted by Gasteiger charge is -2.38. The maximum Gasteiger partial charge on any atom is 0.226 e. The van der Waals surface area contributed by atoms with E-state index in [1.54, 1.807) is 0 Å². The van der Waals surface area contributed by atoms with Gasteiger partial charge in [-0.05, 0) is 43.2 Å². The van der Waals surface area contributed by atoms with Crippen LogP contribution in [0.4, 0.5) is 5.69 Å². The van der Waals surface area contributed by atoms with E-state index >= 15 is 0 Å². The molecule has 1 aromatic heterocycles. The summed E-state index contributed by atoms with van der Waals surface area (Å²) in [4.78, 5) is 21.3. The first-order chi connectivity index (χ1) is 10.3. The van der Waals surface area contributed by atoms with Crippen LogP contribution >= 0.6 is 0 Å². The molecule has 3 aliphatic rings. The van der Waals surface area contributed by atoms with Gasteiger partial charge < -0.3 is 9.80 Å². The van der Waals surface area contributed by atoms with Gasteiger partial charge in [-0.1, -0.05) is 6.42 Å². The topological polar surface area (TPSA) is 36.4 Å². The number of nitrogens with zero attached hydrogens (tertiary/aromatic N) is 3. The van der Waals surface area contributed by atoms with Crippen molar-refractivity contribution < 1.29 is 4.79 Å². The monoisotopic (exact) mass is 285 g/mol. The molecule has 1 aliphatic heterocycles. The number of fused-ring (bicyclic) bond motifs is 2. The number of carbonyl (C=O) groups is 1. The van der Waals surface area contributed by atoms with Gasteiger partial charge >= 0.3 is 0 Å². The van der Waals surface area contributed by atoms with E-state index in [1.165, 1.54) is 24.9 Å². The number of pyridine rings is 1. The second-order valence-corrected chi connectivity index (χ2v) is 6.80. The Bertz CT molecular complexity index is 510. The Labute approximate surface area is 126 Å². The number of carbonyl (C=O) groups excluding carboxylic acids is 1. The van der Waals surface area contributed by atoms with Crippen molar-refractivity contribution in [2.45, 2.75) is 25.7 Å². The predicted octanol–water partition coefficient (Wildman–Crippen LogP) is 2.17. The standard InChI is InChI=1S/C17H23N3O/c21-17(16-12-13-1-2-14(16)11-13)20-9-7-19(8-10-20)15-3-5-18-6-4-15/h3-6,13-14,16H,1-2,7-12H2. The Kier molecular flexibility index (Phi) is 3.32. The molecule has 112 valence electrons. The van der Waals surface area contributed by atoms with Crippen LogP contribution in [0.3, 0.4) is 0 Å². The lowest BCUT2D eigenvalue weighted by Crippen LogP contribution is -2.51. The molecular formula is C17H23N3O. The molecular weight excluding hydrogens is 262 g/mol. The SMILES string of the molecule is O=C(C1CC2CCC1C2)N1CCN(c2ccncc2)CC1. The molecule has 4 heteroatoms. The zero-order valence-corrected chi connectivity index (χ0v) is 12.4. The Morgan fingerprint density at radius 1 is 1.05 bits per heavy atom. The first-order valence-electron chi connectivity index (χ1n) is 8.25. The third kappa shape index (κ3) is 2.41. The third-order valence-corrected chi connectivity index (χ3v) is 5.67. The lowest BCUT2D eigenvalue weighted by atomic mass is 9.87. The molecule has 0 spiro atoms. The summed E-state index contributed by atoms with van der Waals surface area (Å²) in [6.07, 6.45) is 8.80. The van der Waals surface area contributed by atoms with E-state index in [-0.39, 0.29) is 0 Å². The second-order valence-electron chi connectivity index (χ2n) is 6.80. The molecule has 2 aliphatic carbocycles. The predicted molar refractivity (Wildman–Crippen MR) is 82.0 cm³/mol. The van der Waals surface area contributed by atoms with Crippen LogP contribution in [-0.2, 0) is 4.79 Å². The smallest absolute Gasteiger partial charge is 0.226 e. The van der Waals surface area contributed by atoms with Crippen molar-refractivity contribution in [3.8, 4) is 0 Å². The van der Waals surface area contributed by atoms with Crippen LogP contribution in [0.2, 0.25) is 0 Å². The van der Waals surface area contributed by atoms with Gasteiger partial charge in [-0.3, -0.25) is 9.78 Å². The Morgan fingerprint density at radius 3 is 2.43 bits per heavy atom. The van der Waals surface area contributed by atoms with E-state index in [0.717, 1.165) is 38.5 Å². The lowest BCUT2D eigenvalue weighted by molar-refractivity contribution is -0.137. The summed E-state index contributed by atoms with van der Waals surface area (Å²) in [5.41, 5.74) is 1.22. The average Bonchev–Trinajstić information content (AvgIpc) is 3.18. The van der Waals surface area contributed by atoms with Gasteiger partial charge in [-0.2, -0.15) is 0 Å². The van der Waals surface area contributed by atoms with Crippen LogP contribution in [0.25, 0.3) is 0 Å². The average molecular weight is 285 g/mol. The van der Waals surface area contributed by atoms with Gasteiger partial charge in [0.2, 0.25) is 5.91 Å². The molecule has 0 radical (unpaired) electrons. The third-order valence-electron chi connectivity index (χ3n) is 5.67. The molecule has 1 amide bonds. The Morgan fingerprint density at radius 2 is 1.81 bits per heavy atom. The van der Waals surface area contributed by atoms with Gasteiger partial charge in [0.25, 0.3) is 0 Å². The van der Waals surface area contributed by atoms with Crippen molar-refractivity contribution in [1.82, 2.24) is 9.88 Å². The van der Waals surface area contributed by atoms with Gasteiger partial charge in [0, 0.05) is 50.2 Å². The molecule has 0 aromatic carbocycles. The van der Waals surface area contributed by atoms with Gasteiger partial charge in [0.05, 0.1) is 0 Å². The first kappa shape index (κ1) is 13.1. The molecule has 2 heterocycles. The number of piperazine rings is 1. The van der Waals surface area contributed by atoms with Crippen LogP contribution in [0.15, 0.2) is 24.5 Å².